The normalized spacial score (nSPS) is 25.9. The van der Waals surface area contributed by atoms with Gasteiger partial charge in [-0.15, -0.1) is 23.2 Å². The maximum atomic E-state index is 14.8. The smallest absolute Gasteiger partial charge is 0.379 e. The van der Waals surface area contributed by atoms with E-state index >= 15 is 0 Å². The van der Waals surface area contributed by atoms with Crippen LogP contribution in [0.4, 0.5) is 26.3 Å². The van der Waals surface area contributed by atoms with Crippen molar-refractivity contribution in [1.82, 2.24) is 0 Å². The minimum atomic E-state index is -4.23. The molecule has 212 valence electrons. The van der Waals surface area contributed by atoms with E-state index in [0.29, 0.717) is 50.8 Å². The van der Waals surface area contributed by atoms with Gasteiger partial charge in [0.1, 0.15) is 4.33 Å². The molecule has 0 aromatic heterocycles. The average Bonchev–Trinajstić information content (AvgIpc) is 2.82. The monoisotopic (exact) mass is 578 g/mol. The van der Waals surface area contributed by atoms with Gasteiger partial charge in [-0.1, -0.05) is 13.3 Å². The highest BCUT2D eigenvalue weighted by Crippen LogP contribution is 2.46. The fourth-order valence-electron chi connectivity index (χ4n) is 5.24. The molecular weight excluding hydrogens is 545 g/mol. The van der Waals surface area contributed by atoms with Crippen LogP contribution in [0.3, 0.4) is 0 Å². The summed E-state index contributed by atoms with van der Waals surface area (Å²) in [7, 11) is 0. The molecule has 2 aliphatic rings. The van der Waals surface area contributed by atoms with E-state index in [-0.39, 0.29) is 37.7 Å². The van der Waals surface area contributed by atoms with Gasteiger partial charge in [0.05, 0.1) is 29.4 Å². The second kappa shape index (κ2) is 12.6. The Kier molecular flexibility index (Phi) is 10.5. The molecule has 0 atom stereocenters. The molecule has 3 rings (SSSR count). The summed E-state index contributed by atoms with van der Waals surface area (Å²) >= 11 is 12.7. The van der Waals surface area contributed by atoms with Crippen molar-refractivity contribution in [3.05, 3.63) is 34.9 Å². The van der Waals surface area contributed by atoms with E-state index in [9.17, 15) is 26.3 Å². The third-order valence-electron chi connectivity index (χ3n) is 7.22. The lowest BCUT2D eigenvalue weighted by molar-refractivity contribution is -0.283. The van der Waals surface area contributed by atoms with E-state index in [0.717, 1.165) is 6.42 Å². The predicted octanol–water partition coefficient (Wildman–Crippen LogP) is 8.98. The molecule has 2 saturated carbocycles. The van der Waals surface area contributed by atoms with E-state index in [4.69, 9.17) is 37.4 Å². The van der Waals surface area contributed by atoms with Gasteiger partial charge in [-0.2, -0.15) is 17.6 Å². The van der Waals surface area contributed by atoms with Crippen LogP contribution in [0.1, 0.15) is 89.2 Å². The highest BCUT2D eigenvalue weighted by Gasteiger charge is 2.46. The molecule has 2 fully saturated rings. The van der Waals surface area contributed by atoms with Crippen LogP contribution < -0.4 is 0 Å². The summed E-state index contributed by atoms with van der Waals surface area (Å²) in [6, 6.07) is 0.847. The summed E-state index contributed by atoms with van der Waals surface area (Å²) in [6.45, 7) is 4.26. The van der Waals surface area contributed by atoms with Crippen LogP contribution in [0.15, 0.2) is 12.1 Å². The molecule has 0 amide bonds. The molecule has 3 nitrogen and oxygen atoms in total. The van der Waals surface area contributed by atoms with Gasteiger partial charge >= 0.3 is 12.2 Å². The number of benzene rings is 1. The van der Waals surface area contributed by atoms with Crippen molar-refractivity contribution in [2.75, 3.05) is 6.61 Å². The Morgan fingerprint density at radius 2 is 1.14 bits per heavy atom. The molecule has 0 unspecified atom stereocenters. The van der Waals surface area contributed by atoms with Crippen molar-refractivity contribution < 1.29 is 40.6 Å². The second-order valence-electron chi connectivity index (χ2n) is 9.90. The van der Waals surface area contributed by atoms with Crippen molar-refractivity contribution >= 4 is 23.2 Å². The summed E-state index contributed by atoms with van der Waals surface area (Å²) in [5, 5.41) is 0. The highest BCUT2D eigenvalue weighted by atomic mass is 35.5. The molecule has 2 aliphatic carbocycles. The molecule has 0 heterocycles. The van der Waals surface area contributed by atoms with Crippen molar-refractivity contribution in [1.29, 1.82) is 0 Å². The lowest BCUT2D eigenvalue weighted by Crippen LogP contribution is -2.35. The average molecular weight is 579 g/mol. The van der Waals surface area contributed by atoms with Crippen LogP contribution in [-0.4, -0.2) is 29.3 Å². The van der Waals surface area contributed by atoms with Crippen LogP contribution >= 0.6 is 23.2 Å². The van der Waals surface area contributed by atoms with Crippen LogP contribution in [0.25, 0.3) is 0 Å². The minimum absolute atomic E-state index is 0.0621. The predicted molar refractivity (Wildman–Crippen MR) is 129 cm³/mol. The molecule has 37 heavy (non-hydrogen) atoms. The lowest BCUT2D eigenvalue weighted by atomic mass is 9.83. The first kappa shape index (κ1) is 30.8. The Morgan fingerprint density at radius 1 is 0.730 bits per heavy atom. The number of alkyl halides is 6. The number of ether oxygens (including phenoxy) is 3. The van der Waals surface area contributed by atoms with Crippen LogP contribution in [0.5, 0.6) is 0 Å². The standard InChI is InChI=1S/C26H34Cl2F6O3/c1-3-15-24(27,28)16-5-7-18(8-6-16)36-25(31,32)20-13-14-21(23(30)22(20)29)26(33,34)37-19-11-9-17(10-12-19)35-4-2/h13-14,16-19H,3-12,15H2,1-2H3. The van der Waals surface area contributed by atoms with Gasteiger partial charge < -0.3 is 14.2 Å². The Balaban J connectivity index is 1.65. The van der Waals surface area contributed by atoms with Crippen molar-refractivity contribution in [3.63, 3.8) is 0 Å². The molecule has 0 aliphatic heterocycles. The van der Waals surface area contributed by atoms with Gasteiger partial charge in [0.15, 0.2) is 11.6 Å². The van der Waals surface area contributed by atoms with E-state index in [1.165, 1.54) is 0 Å². The first-order chi connectivity index (χ1) is 17.3. The van der Waals surface area contributed by atoms with Crippen LogP contribution in [-0.2, 0) is 26.4 Å². The largest absolute Gasteiger partial charge is 0.386 e. The summed E-state index contributed by atoms with van der Waals surface area (Å²) in [4.78, 5) is 0. The van der Waals surface area contributed by atoms with Gasteiger partial charge in [-0.05, 0) is 82.8 Å². The maximum Gasteiger partial charge on any atom is 0.386 e. The third-order valence-corrected chi connectivity index (χ3v) is 8.21. The molecule has 0 N–H and O–H groups in total. The molecule has 1 aromatic rings. The molecule has 0 radical (unpaired) electrons. The Labute approximate surface area is 224 Å². The maximum absolute atomic E-state index is 14.8. The van der Waals surface area contributed by atoms with Gasteiger partial charge in [0.25, 0.3) is 0 Å². The van der Waals surface area contributed by atoms with Crippen molar-refractivity contribution in [3.8, 4) is 0 Å². The number of hydrogen-bond acceptors (Lipinski definition) is 3. The highest BCUT2D eigenvalue weighted by molar-refractivity contribution is 6.48. The van der Waals surface area contributed by atoms with Gasteiger partial charge in [0.2, 0.25) is 0 Å². The number of hydrogen-bond donors (Lipinski definition) is 0. The Morgan fingerprint density at radius 3 is 1.54 bits per heavy atom. The quantitative estimate of drug-likeness (QED) is 0.194. The SMILES string of the molecule is CCCC(Cl)(Cl)C1CCC(OC(F)(F)c2ccc(C(F)(F)OC3CCC(OCC)CC3)c(F)c2F)CC1. The van der Waals surface area contributed by atoms with Crippen LogP contribution in [0, 0.1) is 17.6 Å². The van der Waals surface area contributed by atoms with E-state index in [1.54, 1.807) is 0 Å². The molecule has 0 saturated heterocycles. The lowest BCUT2D eigenvalue weighted by Gasteiger charge is -2.36. The Hall–Kier alpha value is -0.740. The van der Waals surface area contributed by atoms with Gasteiger partial charge in [0, 0.05) is 6.61 Å². The second-order valence-corrected chi connectivity index (χ2v) is 11.4. The van der Waals surface area contributed by atoms with E-state index in [1.807, 2.05) is 13.8 Å². The fourth-order valence-corrected chi connectivity index (χ4v) is 6.05. The van der Waals surface area contributed by atoms with Crippen LogP contribution in [0.2, 0.25) is 0 Å². The molecule has 11 heteroatoms. The summed E-state index contributed by atoms with van der Waals surface area (Å²) in [6.07, 6.45) is -6.26. The summed E-state index contributed by atoms with van der Waals surface area (Å²) in [5.74, 6) is -4.29. The Bertz CT molecular complexity index is 885. The third kappa shape index (κ3) is 7.68. The zero-order valence-corrected chi connectivity index (χ0v) is 22.5. The van der Waals surface area contributed by atoms with E-state index in [2.05, 4.69) is 0 Å². The zero-order valence-electron chi connectivity index (χ0n) is 21.0. The first-order valence-electron chi connectivity index (χ1n) is 12.9. The van der Waals surface area contributed by atoms with Gasteiger partial charge in [-0.3, -0.25) is 0 Å². The van der Waals surface area contributed by atoms with Crippen molar-refractivity contribution in [2.45, 2.75) is 113 Å². The molecule has 0 bridgehead atoms. The topological polar surface area (TPSA) is 27.7 Å². The zero-order chi connectivity index (χ0) is 27.4. The first-order valence-corrected chi connectivity index (χ1v) is 13.7. The molecule has 0 spiro atoms. The number of halogens is 8. The van der Waals surface area contributed by atoms with Gasteiger partial charge in [-0.25, -0.2) is 8.78 Å². The minimum Gasteiger partial charge on any atom is -0.379 e. The summed E-state index contributed by atoms with van der Waals surface area (Å²) < 4.78 is 103. The van der Waals surface area contributed by atoms with Crippen molar-refractivity contribution in [2.24, 2.45) is 5.92 Å². The fraction of sp³-hybridized carbons (Fsp3) is 0.769. The van der Waals surface area contributed by atoms with E-state index < -0.39 is 51.5 Å². The summed E-state index contributed by atoms with van der Waals surface area (Å²) in [5.41, 5.74) is -2.88. The molecule has 1 aromatic carbocycles. The molecular formula is C26H34Cl2F6O3. The number of rotatable bonds is 11.